The number of unbranched alkanes of at least 4 members (excludes halogenated alkanes) is 1. The van der Waals surface area contributed by atoms with Crippen LogP contribution in [0.25, 0.3) is 0 Å². The van der Waals surface area contributed by atoms with Gasteiger partial charge in [-0.25, -0.2) is 0 Å². The van der Waals surface area contributed by atoms with Crippen molar-refractivity contribution >= 4 is 14.6 Å². The van der Waals surface area contributed by atoms with Gasteiger partial charge in [-0.3, -0.25) is 0 Å². The van der Waals surface area contributed by atoms with Gasteiger partial charge in [0.25, 0.3) is 0 Å². The second kappa shape index (κ2) is 4.91. The minimum Gasteiger partial charge on any atom is -0.413 e. The quantitative estimate of drug-likeness (QED) is 0.376. The van der Waals surface area contributed by atoms with Crippen LogP contribution in [0.3, 0.4) is 0 Å². The molecule has 0 aliphatic carbocycles. The molecule has 0 heterocycles. The molecule has 2 nitrogen and oxygen atoms in total. The molecule has 0 saturated heterocycles. The fourth-order valence-electron chi connectivity index (χ4n) is 1.49. The largest absolute Gasteiger partial charge is 0.413 e. The third-order valence-electron chi connectivity index (χ3n) is 1.68. The van der Waals surface area contributed by atoms with Crippen LogP contribution < -0.4 is 0 Å². The van der Waals surface area contributed by atoms with Gasteiger partial charge in [-0.15, -0.1) is 0 Å². The Kier molecular flexibility index (Phi) is 4.85. The second-order valence-electron chi connectivity index (χ2n) is 5.03. The molecule has 0 amide bonds. The molecule has 0 aromatic carbocycles. The third-order valence-corrected chi connectivity index (χ3v) is 2.85. The van der Waals surface area contributed by atoms with E-state index in [1.807, 2.05) is 0 Å². The Balaban J connectivity index is 3.86. The first kappa shape index (κ1) is 12.8. The van der Waals surface area contributed by atoms with Crippen LogP contribution in [0.4, 0.5) is 0 Å². The first-order valence-electron chi connectivity index (χ1n) is 4.91. The van der Waals surface area contributed by atoms with E-state index in [4.69, 9.17) is 4.43 Å². The molecule has 0 spiro atoms. The Morgan fingerprint density at radius 1 is 1.31 bits per heavy atom. The van der Waals surface area contributed by atoms with Gasteiger partial charge in [0.05, 0.1) is 5.60 Å². The van der Waals surface area contributed by atoms with Crippen LogP contribution in [-0.2, 0) is 9.22 Å². The molecular formula is C10H22O2Si. The highest BCUT2D eigenvalue weighted by molar-refractivity contribution is 6.69. The van der Waals surface area contributed by atoms with E-state index in [0.717, 1.165) is 19.1 Å². The first-order chi connectivity index (χ1) is 5.77. The van der Waals surface area contributed by atoms with Crippen LogP contribution in [-0.4, -0.2) is 20.2 Å². The molecule has 0 radical (unpaired) electrons. The maximum Gasteiger partial charge on any atom is 0.184 e. The lowest BCUT2D eigenvalue weighted by Crippen LogP contribution is -2.38. The number of hydrogen-bond donors (Lipinski definition) is 0. The zero-order chi connectivity index (χ0) is 10.5. The van der Waals surface area contributed by atoms with E-state index < -0.39 is 8.32 Å². The molecule has 0 aromatic rings. The molecule has 0 bridgehead atoms. The second-order valence-corrected chi connectivity index (χ2v) is 9.46. The van der Waals surface area contributed by atoms with Gasteiger partial charge in [-0.05, 0) is 46.3 Å². The Hall–Kier alpha value is -0.153. The summed E-state index contributed by atoms with van der Waals surface area (Å²) >= 11 is 0. The van der Waals surface area contributed by atoms with Gasteiger partial charge < -0.3 is 9.22 Å². The van der Waals surface area contributed by atoms with E-state index in [-0.39, 0.29) is 5.60 Å². The number of carbonyl (C=O) groups excluding carboxylic acids is 1. The predicted octanol–water partition coefficient (Wildman–Crippen LogP) is 2.99. The minimum atomic E-state index is -1.44. The van der Waals surface area contributed by atoms with Crippen molar-refractivity contribution in [1.82, 2.24) is 0 Å². The summed E-state index contributed by atoms with van der Waals surface area (Å²) in [7, 11) is -1.44. The van der Waals surface area contributed by atoms with Gasteiger partial charge in [0.15, 0.2) is 8.32 Å². The van der Waals surface area contributed by atoms with Crippen molar-refractivity contribution in [3.8, 4) is 0 Å². The van der Waals surface area contributed by atoms with Crippen molar-refractivity contribution in [1.29, 1.82) is 0 Å². The first-order valence-corrected chi connectivity index (χ1v) is 8.31. The summed E-state index contributed by atoms with van der Waals surface area (Å²) in [5.74, 6) is 0. The fourth-order valence-corrected chi connectivity index (χ4v) is 3.25. The minimum absolute atomic E-state index is 0.0620. The van der Waals surface area contributed by atoms with E-state index in [1.165, 1.54) is 0 Å². The Morgan fingerprint density at radius 2 is 1.85 bits per heavy atom. The van der Waals surface area contributed by atoms with E-state index in [1.54, 1.807) is 0 Å². The third kappa shape index (κ3) is 8.18. The maximum absolute atomic E-state index is 10.1. The zero-order valence-corrected chi connectivity index (χ0v) is 10.5. The van der Waals surface area contributed by atoms with Crippen LogP contribution in [0.2, 0.25) is 19.6 Å². The van der Waals surface area contributed by atoms with Crippen molar-refractivity contribution in [2.24, 2.45) is 0 Å². The van der Waals surface area contributed by atoms with Gasteiger partial charge in [0.2, 0.25) is 0 Å². The molecule has 0 fully saturated rings. The monoisotopic (exact) mass is 202 g/mol. The average Bonchev–Trinajstić information content (AvgIpc) is 1.81. The van der Waals surface area contributed by atoms with Gasteiger partial charge in [-0.2, -0.15) is 0 Å². The van der Waals surface area contributed by atoms with Crippen LogP contribution >= 0.6 is 0 Å². The number of aldehydes is 1. The van der Waals surface area contributed by atoms with E-state index in [9.17, 15) is 4.79 Å². The number of rotatable bonds is 6. The molecule has 13 heavy (non-hydrogen) atoms. The summed E-state index contributed by atoms with van der Waals surface area (Å²) in [6.07, 6.45) is 3.53. The maximum atomic E-state index is 10.1. The average molecular weight is 202 g/mol. The van der Waals surface area contributed by atoms with Gasteiger partial charge in [-0.1, -0.05) is 0 Å². The standard InChI is InChI=1S/C10H22O2Si/c1-10(2,8-6-7-9-11)12-13(3,4)5/h9H,6-8H2,1-5H3. The normalized spacial score (nSPS) is 13.0. The molecule has 0 aliphatic heterocycles. The highest BCUT2D eigenvalue weighted by Gasteiger charge is 2.26. The van der Waals surface area contributed by atoms with E-state index in [0.29, 0.717) is 6.42 Å². The summed E-state index contributed by atoms with van der Waals surface area (Å²) in [6.45, 7) is 10.8. The molecule has 0 N–H and O–H groups in total. The molecule has 0 saturated carbocycles. The lowest BCUT2D eigenvalue weighted by atomic mass is 10.0. The van der Waals surface area contributed by atoms with Gasteiger partial charge in [0, 0.05) is 6.42 Å². The van der Waals surface area contributed by atoms with E-state index >= 15 is 0 Å². The topological polar surface area (TPSA) is 26.3 Å². The molecule has 0 rings (SSSR count). The number of carbonyl (C=O) groups is 1. The van der Waals surface area contributed by atoms with Crippen molar-refractivity contribution in [3.63, 3.8) is 0 Å². The van der Waals surface area contributed by atoms with Crippen molar-refractivity contribution in [3.05, 3.63) is 0 Å². The predicted molar refractivity (Wildman–Crippen MR) is 58.4 cm³/mol. The lowest BCUT2D eigenvalue weighted by Gasteiger charge is -2.33. The van der Waals surface area contributed by atoms with Gasteiger partial charge in [0.1, 0.15) is 6.29 Å². The lowest BCUT2D eigenvalue weighted by molar-refractivity contribution is -0.108. The van der Waals surface area contributed by atoms with Crippen molar-refractivity contribution in [2.45, 2.75) is 58.4 Å². The fraction of sp³-hybridized carbons (Fsp3) is 0.900. The van der Waals surface area contributed by atoms with Crippen molar-refractivity contribution in [2.75, 3.05) is 0 Å². The molecule has 0 unspecified atom stereocenters. The molecule has 3 heteroatoms. The highest BCUT2D eigenvalue weighted by atomic mass is 28.4. The van der Waals surface area contributed by atoms with Crippen LogP contribution in [0.1, 0.15) is 33.1 Å². The van der Waals surface area contributed by atoms with Gasteiger partial charge >= 0.3 is 0 Å². The Morgan fingerprint density at radius 3 is 2.23 bits per heavy atom. The summed E-state index contributed by atoms with van der Waals surface area (Å²) in [5.41, 5.74) is -0.0620. The zero-order valence-electron chi connectivity index (χ0n) is 9.52. The molecule has 0 atom stereocenters. The van der Waals surface area contributed by atoms with E-state index in [2.05, 4.69) is 33.5 Å². The number of hydrogen-bond acceptors (Lipinski definition) is 2. The summed E-state index contributed by atoms with van der Waals surface area (Å²) in [5, 5.41) is 0. The van der Waals surface area contributed by atoms with Crippen LogP contribution in [0.5, 0.6) is 0 Å². The van der Waals surface area contributed by atoms with Crippen LogP contribution in [0, 0.1) is 0 Å². The molecular weight excluding hydrogens is 180 g/mol. The highest BCUT2D eigenvalue weighted by Crippen LogP contribution is 2.22. The summed E-state index contributed by atoms with van der Waals surface area (Å²) in [6, 6.07) is 0. The summed E-state index contributed by atoms with van der Waals surface area (Å²) in [4.78, 5) is 10.1. The van der Waals surface area contributed by atoms with Crippen molar-refractivity contribution < 1.29 is 9.22 Å². The molecule has 78 valence electrons. The molecule has 0 aromatic heterocycles. The molecule has 0 aliphatic rings. The SMILES string of the molecule is CC(C)(CCCC=O)O[Si](C)(C)C. The smallest absolute Gasteiger partial charge is 0.184 e. The van der Waals surface area contributed by atoms with Crippen LogP contribution in [0.15, 0.2) is 0 Å². The summed E-state index contributed by atoms with van der Waals surface area (Å²) < 4.78 is 5.99. The Bertz CT molecular complexity index is 159. The Labute approximate surface area is 82.8 Å².